The van der Waals surface area contributed by atoms with Crippen molar-refractivity contribution in [1.82, 2.24) is 9.78 Å². The summed E-state index contributed by atoms with van der Waals surface area (Å²) in [6.07, 6.45) is 0. The van der Waals surface area contributed by atoms with Gasteiger partial charge in [0.2, 0.25) is 0 Å². The molecular formula is C16H19N3O5S. The number of methoxy groups -OCH3 is 1. The minimum Gasteiger partial charge on any atom is -0.465 e. The first-order valence-corrected chi connectivity index (χ1v) is 8.32. The number of ether oxygens (including phenoxy) is 2. The van der Waals surface area contributed by atoms with Gasteiger partial charge in [0, 0.05) is 12.7 Å². The average Bonchev–Trinajstić information content (AvgIpc) is 3.07. The number of hydrogen-bond acceptors (Lipinski definition) is 7. The molecular weight excluding hydrogens is 346 g/mol. The molecule has 25 heavy (non-hydrogen) atoms. The summed E-state index contributed by atoms with van der Waals surface area (Å²) < 4.78 is 11.3. The molecule has 8 nitrogen and oxygen atoms in total. The van der Waals surface area contributed by atoms with E-state index in [9.17, 15) is 14.4 Å². The highest BCUT2D eigenvalue weighted by Gasteiger charge is 2.27. The van der Waals surface area contributed by atoms with Gasteiger partial charge in [-0.2, -0.15) is 5.10 Å². The number of hydrogen-bond donors (Lipinski definition) is 1. The molecule has 0 fully saturated rings. The minimum absolute atomic E-state index is 0.136. The topological polar surface area (TPSA) is 99.5 Å². The summed E-state index contributed by atoms with van der Waals surface area (Å²) in [4.78, 5) is 36.8. The van der Waals surface area contributed by atoms with Gasteiger partial charge in [0.1, 0.15) is 9.88 Å². The van der Waals surface area contributed by atoms with Crippen LogP contribution in [-0.4, -0.2) is 41.3 Å². The summed E-state index contributed by atoms with van der Waals surface area (Å²) in [5.74, 6) is -1.67. The van der Waals surface area contributed by atoms with E-state index in [1.54, 1.807) is 31.6 Å². The first-order valence-electron chi connectivity index (χ1n) is 7.50. The van der Waals surface area contributed by atoms with Gasteiger partial charge in [-0.05, 0) is 32.4 Å². The highest BCUT2D eigenvalue weighted by atomic mass is 32.1. The van der Waals surface area contributed by atoms with Crippen LogP contribution in [-0.2, 0) is 16.5 Å². The fraction of sp³-hybridized carbons (Fsp3) is 0.375. The monoisotopic (exact) mass is 365 g/mol. The lowest BCUT2D eigenvalue weighted by Crippen LogP contribution is -2.15. The third kappa shape index (κ3) is 3.71. The molecule has 0 aliphatic heterocycles. The smallest absolute Gasteiger partial charge is 0.348 e. The molecule has 0 aliphatic carbocycles. The van der Waals surface area contributed by atoms with Crippen molar-refractivity contribution in [2.45, 2.75) is 20.8 Å². The van der Waals surface area contributed by atoms with E-state index in [4.69, 9.17) is 9.47 Å². The van der Waals surface area contributed by atoms with Crippen LogP contribution in [0, 0.1) is 13.8 Å². The molecule has 0 radical (unpaired) electrons. The lowest BCUT2D eigenvalue weighted by atomic mass is 10.1. The van der Waals surface area contributed by atoms with Crippen LogP contribution < -0.4 is 5.32 Å². The number of amides is 1. The van der Waals surface area contributed by atoms with Gasteiger partial charge in [0.25, 0.3) is 5.91 Å². The van der Waals surface area contributed by atoms with Gasteiger partial charge >= 0.3 is 11.9 Å². The molecule has 0 unspecified atom stereocenters. The molecule has 0 atom stereocenters. The van der Waals surface area contributed by atoms with Crippen LogP contribution >= 0.6 is 11.3 Å². The molecule has 0 aromatic carbocycles. The van der Waals surface area contributed by atoms with Gasteiger partial charge < -0.3 is 14.8 Å². The molecule has 0 saturated carbocycles. The number of aryl methyl sites for hydroxylation is 2. The second-order valence-electron chi connectivity index (χ2n) is 5.22. The molecule has 0 aliphatic rings. The molecule has 0 spiro atoms. The number of rotatable bonds is 5. The Morgan fingerprint density at radius 1 is 1.28 bits per heavy atom. The first-order chi connectivity index (χ1) is 11.8. The van der Waals surface area contributed by atoms with E-state index >= 15 is 0 Å². The maximum absolute atomic E-state index is 12.4. The van der Waals surface area contributed by atoms with Crippen molar-refractivity contribution in [3.05, 3.63) is 33.5 Å². The summed E-state index contributed by atoms with van der Waals surface area (Å²) >= 11 is 0.970. The van der Waals surface area contributed by atoms with Gasteiger partial charge in [-0.25, -0.2) is 9.59 Å². The second kappa shape index (κ2) is 7.47. The van der Waals surface area contributed by atoms with Crippen LogP contribution in [0.1, 0.15) is 48.7 Å². The predicted octanol–water partition coefficient (Wildman–Crippen LogP) is 2.31. The number of carbonyl (C=O) groups is 3. The molecule has 134 valence electrons. The number of esters is 2. The van der Waals surface area contributed by atoms with Crippen molar-refractivity contribution in [3.8, 4) is 0 Å². The largest absolute Gasteiger partial charge is 0.465 e. The van der Waals surface area contributed by atoms with E-state index in [1.807, 2.05) is 6.92 Å². The maximum Gasteiger partial charge on any atom is 0.348 e. The summed E-state index contributed by atoms with van der Waals surface area (Å²) in [6, 6.07) is 1.62. The molecule has 1 amide bonds. The molecule has 0 bridgehead atoms. The Bertz CT molecular complexity index is 818. The fourth-order valence-electron chi connectivity index (χ4n) is 2.18. The van der Waals surface area contributed by atoms with Gasteiger partial charge in [0.05, 0.1) is 19.3 Å². The molecule has 2 rings (SSSR count). The zero-order valence-electron chi connectivity index (χ0n) is 14.6. The Morgan fingerprint density at radius 3 is 2.48 bits per heavy atom. The van der Waals surface area contributed by atoms with Gasteiger partial charge in [-0.3, -0.25) is 9.48 Å². The first kappa shape index (κ1) is 18.7. The average molecular weight is 365 g/mol. The predicted molar refractivity (Wildman–Crippen MR) is 92.3 cm³/mol. The summed E-state index contributed by atoms with van der Waals surface area (Å²) in [6.45, 7) is 5.32. The van der Waals surface area contributed by atoms with Crippen LogP contribution in [0.5, 0.6) is 0 Å². The number of thiophene rings is 1. The van der Waals surface area contributed by atoms with Crippen molar-refractivity contribution < 1.29 is 23.9 Å². The quantitative estimate of drug-likeness (QED) is 0.816. The molecule has 2 heterocycles. The van der Waals surface area contributed by atoms with Crippen LogP contribution in [0.2, 0.25) is 0 Å². The van der Waals surface area contributed by atoms with Crippen molar-refractivity contribution in [3.63, 3.8) is 0 Å². The second-order valence-corrected chi connectivity index (χ2v) is 6.24. The highest BCUT2D eigenvalue weighted by Crippen LogP contribution is 2.34. The number of anilines is 1. The molecule has 9 heteroatoms. The Morgan fingerprint density at radius 2 is 1.96 bits per heavy atom. The van der Waals surface area contributed by atoms with Gasteiger partial charge in [-0.15, -0.1) is 11.3 Å². The Balaban J connectivity index is 2.41. The zero-order valence-corrected chi connectivity index (χ0v) is 15.4. The molecule has 0 saturated heterocycles. The molecule has 1 N–H and O–H groups in total. The Labute approximate surface area is 148 Å². The van der Waals surface area contributed by atoms with E-state index in [2.05, 4.69) is 10.4 Å². The summed E-state index contributed by atoms with van der Waals surface area (Å²) in [5, 5.41) is 6.96. The molecule has 2 aromatic rings. The van der Waals surface area contributed by atoms with E-state index in [-0.39, 0.29) is 27.7 Å². The van der Waals surface area contributed by atoms with Crippen molar-refractivity contribution in [2.75, 3.05) is 19.0 Å². The minimum atomic E-state index is -0.642. The SMILES string of the molecule is CCOC(=O)c1sc(NC(=O)c2cc(C)n(C)n2)c(C(=O)OC)c1C. The standard InChI is InChI=1S/C16H19N3O5S/c1-6-24-16(22)12-9(3)11(15(21)23-5)14(25-12)17-13(20)10-7-8(2)19(4)18-10/h7H,6H2,1-5H3,(H,17,20). The van der Waals surface area contributed by atoms with E-state index in [0.29, 0.717) is 5.56 Å². The number of nitrogens with zero attached hydrogens (tertiary/aromatic N) is 2. The third-order valence-electron chi connectivity index (χ3n) is 3.57. The van der Waals surface area contributed by atoms with E-state index in [0.717, 1.165) is 17.0 Å². The Hall–Kier alpha value is -2.68. The number of nitrogens with one attached hydrogen (secondary N) is 1. The zero-order chi connectivity index (χ0) is 18.7. The van der Waals surface area contributed by atoms with Crippen LogP contribution in [0.3, 0.4) is 0 Å². The molecule has 2 aromatic heterocycles. The number of aromatic nitrogens is 2. The van der Waals surface area contributed by atoms with Gasteiger partial charge in [-0.1, -0.05) is 0 Å². The highest BCUT2D eigenvalue weighted by molar-refractivity contribution is 7.18. The summed E-state index contributed by atoms with van der Waals surface area (Å²) in [5.41, 5.74) is 1.56. The van der Waals surface area contributed by atoms with Crippen LogP contribution in [0.4, 0.5) is 5.00 Å². The van der Waals surface area contributed by atoms with Crippen LogP contribution in [0.25, 0.3) is 0 Å². The van der Waals surface area contributed by atoms with E-state index in [1.165, 1.54) is 7.11 Å². The maximum atomic E-state index is 12.4. The third-order valence-corrected chi connectivity index (χ3v) is 4.76. The lowest BCUT2D eigenvalue weighted by molar-refractivity contribution is 0.0531. The van der Waals surface area contributed by atoms with E-state index < -0.39 is 17.8 Å². The lowest BCUT2D eigenvalue weighted by Gasteiger charge is -2.04. The van der Waals surface area contributed by atoms with Gasteiger partial charge in [0.15, 0.2) is 5.69 Å². The van der Waals surface area contributed by atoms with Crippen molar-refractivity contribution in [2.24, 2.45) is 7.05 Å². The summed E-state index contributed by atoms with van der Waals surface area (Å²) in [7, 11) is 2.96. The van der Waals surface area contributed by atoms with Crippen molar-refractivity contribution in [1.29, 1.82) is 0 Å². The Kier molecular flexibility index (Phi) is 5.58. The van der Waals surface area contributed by atoms with Crippen LogP contribution in [0.15, 0.2) is 6.07 Å². The van der Waals surface area contributed by atoms with Crippen molar-refractivity contribution >= 4 is 34.2 Å². The normalized spacial score (nSPS) is 10.4. The number of carbonyl (C=O) groups excluding carboxylic acids is 3. The fourth-order valence-corrected chi connectivity index (χ4v) is 3.26.